The highest BCUT2D eigenvalue weighted by molar-refractivity contribution is 6.32. The van der Waals surface area contributed by atoms with E-state index in [2.05, 4.69) is 0 Å². The Morgan fingerprint density at radius 3 is 2.40 bits per heavy atom. The maximum absolute atomic E-state index is 11.2. The predicted molar refractivity (Wildman–Crippen MR) is 59.5 cm³/mol. The van der Waals surface area contributed by atoms with Gasteiger partial charge in [-0.05, 0) is 49.4 Å². The maximum atomic E-state index is 11.2. The Bertz CT molecular complexity index is 410. The SMILES string of the molecule is Cc1cc(C)c(C2(C(=O)O)CC2)c(Cl)c1. The van der Waals surface area contributed by atoms with Gasteiger partial charge in [0, 0.05) is 5.02 Å². The molecule has 1 aromatic rings. The van der Waals surface area contributed by atoms with Gasteiger partial charge in [0.1, 0.15) is 0 Å². The molecule has 1 aliphatic carbocycles. The Kier molecular flexibility index (Phi) is 2.27. The van der Waals surface area contributed by atoms with Crippen molar-refractivity contribution in [1.29, 1.82) is 0 Å². The zero-order valence-electron chi connectivity index (χ0n) is 8.80. The van der Waals surface area contributed by atoms with Gasteiger partial charge in [0.05, 0.1) is 5.41 Å². The monoisotopic (exact) mass is 224 g/mol. The van der Waals surface area contributed by atoms with E-state index in [1.54, 1.807) is 0 Å². The molecule has 0 heterocycles. The summed E-state index contributed by atoms with van der Waals surface area (Å²) in [5.74, 6) is -0.753. The van der Waals surface area contributed by atoms with Gasteiger partial charge < -0.3 is 5.11 Å². The minimum atomic E-state index is -0.753. The zero-order valence-corrected chi connectivity index (χ0v) is 9.56. The highest BCUT2D eigenvalue weighted by Crippen LogP contribution is 2.52. The fourth-order valence-electron chi connectivity index (χ4n) is 2.22. The molecule has 1 fully saturated rings. The molecule has 0 aromatic heterocycles. The Morgan fingerprint density at radius 2 is 2.00 bits per heavy atom. The van der Waals surface area contributed by atoms with Crippen molar-refractivity contribution in [3.05, 3.63) is 33.8 Å². The number of hydrogen-bond acceptors (Lipinski definition) is 1. The molecule has 0 saturated heterocycles. The summed E-state index contributed by atoms with van der Waals surface area (Å²) in [6.45, 7) is 3.89. The van der Waals surface area contributed by atoms with E-state index < -0.39 is 11.4 Å². The first-order valence-electron chi connectivity index (χ1n) is 4.98. The molecule has 2 rings (SSSR count). The van der Waals surface area contributed by atoms with E-state index >= 15 is 0 Å². The first-order valence-corrected chi connectivity index (χ1v) is 5.36. The van der Waals surface area contributed by atoms with Gasteiger partial charge in [-0.3, -0.25) is 4.79 Å². The van der Waals surface area contributed by atoms with E-state index in [1.807, 2.05) is 26.0 Å². The molecule has 2 nitrogen and oxygen atoms in total. The first-order chi connectivity index (χ1) is 6.97. The molecular formula is C12H13ClO2. The number of rotatable bonds is 2. The summed E-state index contributed by atoms with van der Waals surface area (Å²) < 4.78 is 0. The Balaban J connectivity index is 2.58. The minimum absolute atomic E-state index is 0.590. The lowest BCUT2D eigenvalue weighted by Gasteiger charge is -2.16. The molecule has 0 spiro atoms. The van der Waals surface area contributed by atoms with Crippen LogP contribution in [0.3, 0.4) is 0 Å². The molecule has 0 radical (unpaired) electrons. The molecule has 0 amide bonds. The molecule has 1 aliphatic rings. The number of carboxylic acids is 1. The van der Waals surface area contributed by atoms with Crippen LogP contribution in [0.2, 0.25) is 5.02 Å². The summed E-state index contributed by atoms with van der Waals surface area (Å²) in [5.41, 5.74) is 2.17. The standard InChI is InChI=1S/C12H13ClO2/c1-7-5-8(2)10(9(13)6-7)12(3-4-12)11(14)15/h5-6H,3-4H2,1-2H3,(H,14,15). The van der Waals surface area contributed by atoms with Gasteiger partial charge in [0.2, 0.25) is 0 Å². The van der Waals surface area contributed by atoms with E-state index in [9.17, 15) is 9.90 Å². The van der Waals surface area contributed by atoms with Gasteiger partial charge in [-0.15, -0.1) is 0 Å². The van der Waals surface area contributed by atoms with Crippen molar-refractivity contribution < 1.29 is 9.90 Å². The van der Waals surface area contributed by atoms with Gasteiger partial charge in [0.15, 0.2) is 0 Å². The van der Waals surface area contributed by atoms with Crippen molar-refractivity contribution in [2.24, 2.45) is 0 Å². The Hall–Kier alpha value is -1.02. The van der Waals surface area contributed by atoms with Gasteiger partial charge in [0.25, 0.3) is 0 Å². The second kappa shape index (κ2) is 3.24. The summed E-state index contributed by atoms with van der Waals surface area (Å²) in [5, 5.41) is 9.81. The number of carboxylic acid groups (broad SMARTS) is 1. The van der Waals surface area contributed by atoms with Crippen molar-refractivity contribution >= 4 is 17.6 Å². The van der Waals surface area contributed by atoms with Crippen LogP contribution in [0.1, 0.15) is 29.5 Å². The van der Waals surface area contributed by atoms with E-state index in [0.29, 0.717) is 17.9 Å². The summed E-state index contributed by atoms with van der Waals surface area (Å²) in [4.78, 5) is 11.2. The third-order valence-corrected chi connectivity index (χ3v) is 3.37. The second-order valence-electron chi connectivity index (χ2n) is 4.33. The van der Waals surface area contributed by atoms with Crippen LogP contribution >= 0.6 is 11.6 Å². The molecule has 0 aliphatic heterocycles. The Labute approximate surface area is 93.9 Å². The van der Waals surface area contributed by atoms with Crippen molar-refractivity contribution in [3.8, 4) is 0 Å². The van der Waals surface area contributed by atoms with Crippen LogP contribution in [-0.2, 0) is 10.2 Å². The summed E-state index contributed by atoms with van der Waals surface area (Å²) in [7, 11) is 0. The first kappa shape index (κ1) is 10.5. The normalized spacial score (nSPS) is 17.5. The van der Waals surface area contributed by atoms with Gasteiger partial charge in [-0.25, -0.2) is 0 Å². The molecule has 0 atom stereocenters. The number of aryl methyl sites for hydroxylation is 2. The molecule has 1 aromatic carbocycles. The van der Waals surface area contributed by atoms with Gasteiger partial charge in [-0.2, -0.15) is 0 Å². The summed E-state index contributed by atoms with van der Waals surface area (Å²) >= 11 is 6.14. The van der Waals surface area contributed by atoms with Crippen molar-refractivity contribution in [1.82, 2.24) is 0 Å². The average Bonchev–Trinajstić information content (AvgIpc) is 2.83. The molecule has 80 valence electrons. The van der Waals surface area contributed by atoms with Crippen LogP contribution in [0, 0.1) is 13.8 Å². The van der Waals surface area contributed by atoms with E-state index in [0.717, 1.165) is 16.7 Å². The topological polar surface area (TPSA) is 37.3 Å². The molecule has 15 heavy (non-hydrogen) atoms. The molecule has 1 N–H and O–H groups in total. The lowest BCUT2D eigenvalue weighted by atomic mass is 9.91. The lowest BCUT2D eigenvalue weighted by molar-refractivity contribution is -0.140. The number of carbonyl (C=O) groups is 1. The van der Waals surface area contributed by atoms with Crippen LogP contribution in [0.5, 0.6) is 0 Å². The van der Waals surface area contributed by atoms with Crippen LogP contribution in [0.4, 0.5) is 0 Å². The van der Waals surface area contributed by atoms with Crippen molar-refractivity contribution in [3.63, 3.8) is 0 Å². The third kappa shape index (κ3) is 1.53. The number of aliphatic carboxylic acids is 1. The van der Waals surface area contributed by atoms with E-state index in [4.69, 9.17) is 11.6 Å². The zero-order chi connectivity index (χ0) is 11.2. The van der Waals surface area contributed by atoms with Crippen LogP contribution in [-0.4, -0.2) is 11.1 Å². The molecule has 3 heteroatoms. The molecular weight excluding hydrogens is 212 g/mol. The van der Waals surface area contributed by atoms with Crippen LogP contribution < -0.4 is 0 Å². The van der Waals surface area contributed by atoms with Crippen LogP contribution in [0.15, 0.2) is 12.1 Å². The van der Waals surface area contributed by atoms with E-state index in [-0.39, 0.29) is 0 Å². The molecule has 0 bridgehead atoms. The quantitative estimate of drug-likeness (QED) is 0.838. The smallest absolute Gasteiger partial charge is 0.314 e. The minimum Gasteiger partial charge on any atom is -0.481 e. The van der Waals surface area contributed by atoms with Crippen molar-refractivity contribution in [2.45, 2.75) is 32.1 Å². The number of halogens is 1. The number of hydrogen-bond donors (Lipinski definition) is 1. The fourth-order valence-corrected chi connectivity index (χ4v) is 2.72. The number of benzene rings is 1. The highest BCUT2D eigenvalue weighted by atomic mass is 35.5. The maximum Gasteiger partial charge on any atom is 0.314 e. The highest BCUT2D eigenvalue weighted by Gasteiger charge is 2.53. The lowest BCUT2D eigenvalue weighted by Crippen LogP contribution is -2.21. The van der Waals surface area contributed by atoms with Gasteiger partial charge >= 0.3 is 5.97 Å². The second-order valence-corrected chi connectivity index (χ2v) is 4.73. The fraction of sp³-hybridized carbons (Fsp3) is 0.417. The molecule has 1 saturated carbocycles. The predicted octanol–water partition coefficient (Wildman–Crippen LogP) is 3.07. The average molecular weight is 225 g/mol. The summed E-state index contributed by atoms with van der Waals surface area (Å²) in [6.07, 6.45) is 1.40. The largest absolute Gasteiger partial charge is 0.481 e. The summed E-state index contributed by atoms with van der Waals surface area (Å²) in [6, 6.07) is 3.83. The Morgan fingerprint density at radius 1 is 1.40 bits per heavy atom. The van der Waals surface area contributed by atoms with E-state index in [1.165, 1.54) is 0 Å². The van der Waals surface area contributed by atoms with Crippen LogP contribution in [0.25, 0.3) is 0 Å². The third-order valence-electron chi connectivity index (χ3n) is 3.07. The van der Waals surface area contributed by atoms with Gasteiger partial charge in [-0.1, -0.05) is 17.7 Å². The van der Waals surface area contributed by atoms with Crippen molar-refractivity contribution in [2.75, 3.05) is 0 Å². The molecule has 0 unspecified atom stereocenters.